The Hall–Kier alpha value is -0.780. The minimum Gasteiger partial charge on any atom is -0.0619 e. The van der Waals surface area contributed by atoms with Gasteiger partial charge in [-0.05, 0) is 30.7 Å². The molecular weight excluding hydrogens is 180 g/mol. The lowest BCUT2D eigenvalue weighted by Gasteiger charge is -2.18. The molecule has 82 valence electrons. The van der Waals surface area contributed by atoms with Gasteiger partial charge in [0, 0.05) is 0 Å². The maximum atomic E-state index is 2.43. The van der Waals surface area contributed by atoms with Crippen LogP contribution in [-0.2, 0) is 6.42 Å². The predicted molar refractivity (Wildman–Crippen MR) is 66.0 cm³/mol. The van der Waals surface area contributed by atoms with Crippen molar-refractivity contribution in [3.8, 4) is 0 Å². The van der Waals surface area contributed by atoms with Gasteiger partial charge in [0.15, 0.2) is 0 Å². The molecule has 0 aliphatic heterocycles. The van der Waals surface area contributed by atoms with Crippen molar-refractivity contribution in [3.63, 3.8) is 0 Å². The quantitative estimate of drug-likeness (QED) is 0.683. The average molecular weight is 202 g/mol. The van der Waals surface area contributed by atoms with Crippen LogP contribution in [0.4, 0.5) is 0 Å². The smallest absolute Gasteiger partial charge is 0.0250 e. The second-order valence-electron chi connectivity index (χ2n) is 5.21. The van der Waals surface area contributed by atoms with E-state index in [9.17, 15) is 0 Å². The van der Waals surface area contributed by atoms with Gasteiger partial charge >= 0.3 is 0 Å². The Balaban J connectivity index is 1.92. The highest BCUT2D eigenvalue weighted by atomic mass is 14.3. The van der Waals surface area contributed by atoms with E-state index in [2.05, 4.69) is 38.1 Å². The van der Waals surface area contributed by atoms with Gasteiger partial charge in [-0.2, -0.15) is 0 Å². The summed E-state index contributed by atoms with van der Waals surface area (Å²) in [7, 11) is 0. The van der Waals surface area contributed by atoms with Crippen LogP contribution in [-0.4, -0.2) is 0 Å². The van der Waals surface area contributed by atoms with E-state index < -0.39 is 0 Å². The van der Waals surface area contributed by atoms with Crippen LogP contribution in [0.5, 0.6) is 0 Å². The predicted octanol–water partition coefficient (Wildman–Crippen LogP) is 4.36. The van der Waals surface area contributed by atoms with Crippen molar-refractivity contribution in [2.75, 3.05) is 0 Å². The topological polar surface area (TPSA) is 0 Å². The molecular formula is C15H22. The van der Waals surface area contributed by atoms with Gasteiger partial charge in [0.25, 0.3) is 0 Å². The Labute approximate surface area is 93.7 Å². The van der Waals surface area contributed by atoms with Gasteiger partial charge in [0.1, 0.15) is 0 Å². The molecule has 1 aromatic rings. The molecule has 0 N–H and O–H groups in total. The second-order valence-corrected chi connectivity index (χ2v) is 5.21. The summed E-state index contributed by atoms with van der Waals surface area (Å²) in [5, 5.41) is 0. The fourth-order valence-electron chi connectivity index (χ4n) is 2.79. The molecule has 1 aliphatic rings. The van der Waals surface area contributed by atoms with Gasteiger partial charge in [-0.25, -0.2) is 0 Å². The van der Waals surface area contributed by atoms with Crippen LogP contribution in [0.3, 0.4) is 0 Å². The Bertz CT molecular complexity index is 290. The first kappa shape index (κ1) is 10.7. The summed E-state index contributed by atoms with van der Waals surface area (Å²) in [5.41, 5.74) is 2.88. The van der Waals surface area contributed by atoms with Crippen LogP contribution >= 0.6 is 0 Å². The molecule has 0 heteroatoms. The highest BCUT2D eigenvalue weighted by Crippen LogP contribution is 2.32. The molecule has 0 aromatic heterocycles. The first-order chi connectivity index (χ1) is 7.25. The maximum absolute atomic E-state index is 2.43. The number of hydrogen-bond donors (Lipinski definition) is 0. The zero-order valence-corrected chi connectivity index (χ0v) is 10.00. The van der Waals surface area contributed by atoms with E-state index >= 15 is 0 Å². The van der Waals surface area contributed by atoms with Crippen LogP contribution in [0, 0.1) is 18.8 Å². The third-order valence-corrected chi connectivity index (χ3v) is 3.88. The van der Waals surface area contributed by atoms with Crippen molar-refractivity contribution in [2.45, 2.75) is 46.0 Å². The second kappa shape index (κ2) is 4.83. The standard InChI is InChI=1S/C15H22/c1-12-7-9-14(10-8-12)11-13(2)15-5-3-4-6-15/h7-10,13,15H,3-6,11H2,1-2H3. The highest BCUT2D eigenvalue weighted by molar-refractivity contribution is 5.21. The monoisotopic (exact) mass is 202 g/mol. The Morgan fingerprint density at radius 2 is 1.73 bits per heavy atom. The fraction of sp³-hybridized carbons (Fsp3) is 0.600. The van der Waals surface area contributed by atoms with Crippen molar-refractivity contribution < 1.29 is 0 Å². The summed E-state index contributed by atoms with van der Waals surface area (Å²) >= 11 is 0. The first-order valence-electron chi connectivity index (χ1n) is 6.31. The molecule has 0 nitrogen and oxygen atoms in total. The number of rotatable bonds is 3. The molecule has 1 aliphatic carbocycles. The molecule has 1 fully saturated rings. The molecule has 1 unspecified atom stereocenters. The lowest BCUT2D eigenvalue weighted by atomic mass is 9.87. The van der Waals surface area contributed by atoms with Crippen LogP contribution < -0.4 is 0 Å². The van der Waals surface area contributed by atoms with E-state index in [1.807, 2.05) is 0 Å². The first-order valence-corrected chi connectivity index (χ1v) is 6.31. The van der Waals surface area contributed by atoms with Crippen LogP contribution in [0.1, 0.15) is 43.7 Å². The molecule has 0 heterocycles. The van der Waals surface area contributed by atoms with Crippen molar-refractivity contribution >= 4 is 0 Å². The SMILES string of the molecule is Cc1ccc(CC(C)C2CCCC2)cc1. The van der Waals surface area contributed by atoms with Gasteiger partial charge < -0.3 is 0 Å². The molecule has 0 saturated heterocycles. The van der Waals surface area contributed by atoms with E-state index in [0.717, 1.165) is 11.8 Å². The van der Waals surface area contributed by atoms with Gasteiger partial charge in [0.05, 0.1) is 0 Å². The van der Waals surface area contributed by atoms with Crippen molar-refractivity contribution in [2.24, 2.45) is 11.8 Å². The van der Waals surface area contributed by atoms with Crippen molar-refractivity contribution in [1.82, 2.24) is 0 Å². The van der Waals surface area contributed by atoms with Crippen LogP contribution in [0.15, 0.2) is 24.3 Å². The maximum Gasteiger partial charge on any atom is -0.0250 e. The van der Waals surface area contributed by atoms with E-state index in [-0.39, 0.29) is 0 Å². The number of benzene rings is 1. The molecule has 0 radical (unpaired) electrons. The minimum absolute atomic E-state index is 0.871. The summed E-state index contributed by atoms with van der Waals surface area (Å²) in [4.78, 5) is 0. The van der Waals surface area contributed by atoms with Crippen molar-refractivity contribution in [3.05, 3.63) is 35.4 Å². The fourth-order valence-corrected chi connectivity index (χ4v) is 2.79. The summed E-state index contributed by atoms with van der Waals surface area (Å²) in [6.07, 6.45) is 7.12. The highest BCUT2D eigenvalue weighted by Gasteiger charge is 2.21. The van der Waals surface area contributed by atoms with Crippen molar-refractivity contribution in [1.29, 1.82) is 0 Å². The number of hydrogen-bond acceptors (Lipinski definition) is 0. The van der Waals surface area contributed by atoms with Crippen LogP contribution in [0.25, 0.3) is 0 Å². The summed E-state index contributed by atoms with van der Waals surface area (Å²) in [6.45, 7) is 4.58. The third kappa shape index (κ3) is 2.84. The molecule has 0 spiro atoms. The zero-order valence-electron chi connectivity index (χ0n) is 10.00. The summed E-state index contributed by atoms with van der Waals surface area (Å²) in [6, 6.07) is 9.05. The molecule has 1 saturated carbocycles. The molecule has 2 rings (SSSR count). The van der Waals surface area contributed by atoms with Gasteiger partial charge in [-0.1, -0.05) is 62.4 Å². The van der Waals surface area contributed by atoms with E-state index in [1.165, 1.54) is 43.2 Å². The zero-order chi connectivity index (χ0) is 10.7. The van der Waals surface area contributed by atoms with E-state index in [0.29, 0.717) is 0 Å². The lowest BCUT2D eigenvalue weighted by Crippen LogP contribution is -2.10. The van der Waals surface area contributed by atoms with E-state index in [1.54, 1.807) is 0 Å². The Kier molecular flexibility index (Phi) is 3.45. The van der Waals surface area contributed by atoms with Gasteiger partial charge in [0.2, 0.25) is 0 Å². The summed E-state index contributed by atoms with van der Waals surface area (Å²) in [5.74, 6) is 1.86. The molecule has 1 atom stereocenters. The average Bonchev–Trinajstić information content (AvgIpc) is 2.74. The Morgan fingerprint density at radius 3 is 2.33 bits per heavy atom. The van der Waals surface area contributed by atoms with Gasteiger partial charge in [-0.15, -0.1) is 0 Å². The third-order valence-electron chi connectivity index (χ3n) is 3.88. The van der Waals surface area contributed by atoms with Gasteiger partial charge in [-0.3, -0.25) is 0 Å². The molecule has 0 amide bonds. The van der Waals surface area contributed by atoms with Crippen LogP contribution in [0.2, 0.25) is 0 Å². The molecule has 15 heavy (non-hydrogen) atoms. The Morgan fingerprint density at radius 1 is 1.13 bits per heavy atom. The largest absolute Gasteiger partial charge is 0.0619 e. The normalized spacial score (nSPS) is 19.3. The number of aryl methyl sites for hydroxylation is 1. The summed E-state index contributed by atoms with van der Waals surface area (Å²) < 4.78 is 0. The lowest BCUT2D eigenvalue weighted by molar-refractivity contribution is 0.365. The minimum atomic E-state index is 0.871. The molecule has 0 bridgehead atoms. The molecule has 1 aromatic carbocycles. The van der Waals surface area contributed by atoms with E-state index in [4.69, 9.17) is 0 Å².